The van der Waals surface area contributed by atoms with Crippen LogP contribution >= 0.6 is 11.3 Å². The van der Waals surface area contributed by atoms with E-state index < -0.39 is 11.7 Å². The van der Waals surface area contributed by atoms with Crippen LogP contribution in [0.25, 0.3) is 10.2 Å². The SMILES string of the molecule is Cc1sc2nc(CN3CCOCC3)nc(Oc3cccc(C(F)(F)F)c3)c2c1C. The Morgan fingerprint density at radius 1 is 1.17 bits per heavy atom. The standard InChI is InChI=1S/C20H20F3N3O2S/c1-12-13(2)29-19-17(12)18(24-16(25-19)11-26-6-8-27-9-7-26)28-15-5-3-4-14(10-15)20(21,22)23/h3-5,10H,6-9,11H2,1-2H3. The molecular weight excluding hydrogens is 403 g/mol. The first-order valence-electron chi connectivity index (χ1n) is 9.23. The zero-order valence-corrected chi connectivity index (χ0v) is 16.9. The van der Waals surface area contributed by atoms with E-state index in [0.717, 1.165) is 45.9 Å². The maximum absolute atomic E-state index is 13.1. The molecule has 0 N–H and O–H groups in total. The van der Waals surface area contributed by atoms with Crippen molar-refractivity contribution in [3.05, 3.63) is 46.1 Å². The second kappa shape index (κ2) is 7.89. The number of aromatic nitrogens is 2. The lowest BCUT2D eigenvalue weighted by Gasteiger charge is -2.25. The molecule has 5 nitrogen and oxygen atoms in total. The molecule has 0 aliphatic carbocycles. The van der Waals surface area contributed by atoms with Crippen LogP contribution in [0, 0.1) is 13.8 Å². The van der Waals surface area contributed by atoms with Crippen molar-refractivity contribution in [2.24, 2.45) is 0 Å². The summed E-state index contributed by atoms with van der Waals surface area (Å²) in [4.78, 5) is 13.3. The maximum Gasteiger partial charge on any atom is 0.416 e. The molecule has 0 atom stereocenters. The molecule has 3 aromatic rings. The molecule has 1 aliphatic rings. The third-order valence-electron chi connectivity index (χ3n) is 4.89. The van der Waals surface area contributed by atoms with Gasteiger partial charge in [-0.1, -0.05) is 6.07 Å². The minimum atomic E-state index is -4.43. The van der Waals surface area contributed by atoms with Gasteiger partial charge in [0.05, 0.1) is 30.7 Å². The summed E-state index contributed by atoms with van der Waals surface area (Å²) in [5.41, 5.74) is 0.219. The number of nitrogens with zero attached hydrogens (tertiary/aromatic N) is 3. The summed E-state index contributed by atoms with van der Waals surface area (Å²) in [6.07, 6.45) is -4.43. The van der Waals surface area contributed by atoms with Crippen LogP contribution < -0.4 is 4.74 Å². The monoisotopic (exact) mass is 423 g/mol. The summed E-state index contributed by atoms with van der Waals surface area (Å²) in [5.74, 6) is 0.975. The summed E-state index contributed by atoms with van der Waals surface area (Å²) in [6.45, 7) is 7.35. The molecule has 0 amide bonds. The van der Waals surface area contributed by atoms with E-state index in [0.29, 0.717) is 31.5 Å². The summed E-state index contributed by atoms with van der Waals surface area (Å²) in [6, 6.07) is 4.84. The van der Waals surface area contributed by atoms with Gasteiger partial charge in [-0.05, 0) is 37.6 Å². The number of aryl methyl sites for hydroxylation is 2. The average molecular weight is 423 g/mol. The number of halogens is 3. The van der Waals surface area contributed by atoms with Crippen LogP contribution in [0.4, 0.5) is 13.2 Å². The highest BCUT2D eigenvalue weighted by molar-refractivity contribution is 7.18. The van der Waals surface area contributed by atoms with E-state index in [1.54, 1.807) is 0 Å². The number of fused-ring (bicyclic) bond motifs is 1. The lowest BCUT2D eigenvalue weighted by molar-refractivity contribution is -0.137. The number of thiophene rings is 1. The Morgan fingerprint density at radius 2 is 1.93 bits per heavy atom. The zero-order chi connectivity index (χ0) is 20.6. The molecule has 0 bridgehead atoms. The topological polar surface area (TPSA) is 47.5 Å². The van der Waals surface area contributed by atoms with Crippen molar-refractivity contribution < 1.29 is 22.6 Å². The Hall–Kier alpha value is -2.23. The van der Waals surface area contributed by atoms with E-state index in [1.807, 2.05) is 13.8 Å². The van der Waals surface area contributed by atoms with Crippen LogP contribution in [0.1, 0.15) is 21.8 Å². The number of morpholine rings is 1. The minimum Gasteiger partial charge on any atom is -0.438 e. The highest BCUT2D eigenvalue weighted by Crippen LogP contribution is 2.38. The number of alkyl halides is 3. The number of rotatable bonds is 4. The van der Waals surface area contributed by atoms with Crippen LogP contribution in [0.15, 0.2) is 24.3 Å². The fraction of sp³-hybridized carbons (Fsp3) is 0.400. The molecule has 2 aromatic heterocycles. The first-order chi connectivity index (χ1) is 13.8. The van der Waals surface area contributed by atoms with E-state index in [2.05, 4.69) is 14.9 Å². The van der Waals surface area contributed by atoms with Gasteiger partial charge in [-0.3, -0.25) is 4.90 Å². The third kappa shape index (κ3) is 4.36. The molecule has 9 heteroatoms. The molecule has 1 aliphatic heterocycles. The van der Waals surface area contributed by atoms with Gasteiger partial charge in [-0.2, -0.15) is 18.2 Å². The molecule has 0 spiro atoms. The first kappa shape index (κ1) is 20.1. The Morgan fingerprint density at radius 3 is 2.66 bits per heavy atom. The Labute approximate surface area is 170 Å². The van der Waals surface area contributed by atoms with Crippen molar-refractivity contribution in [1.82, 2.24) is 14.9 Å². The van der Waals surface area contributed by atoms with Gasteiger partial charge in [-0.15, -0.1) is 11.3 Å². The average Bonchev–Trinajstić information content (AvgIpc) is 2.96. The fourth-order valence-corrected chi connectivity index (χ4v) is 4.24. The van der Waals surface area contributed by atoms with E-state index in [-0.39, 0.29) is 5.75 Å². The molecule has 1 fully saturated rings. The van der Waals surface area contributed by atoms with Crippen LogP contribution in [0.2, 0.25) is 0 Å². The fourth-order valence-electron chi connectivity index (χ4n) is 3.21. The molecule has 154 valence electrons. The quantitative estimate of drug-likeness (QED) is 0.594. The van der Waals surface area contributed by atoms with Gasteiger partial charge in [0.25, 0.3) is 0 Å². The number of hydrogen-bond donors (Lipinski definition) is 0. The van der Waals surface area contributed by atoms with Gasteiger partial charge in [-0.25, -0.2) is 4.98 Å². The summed E-state index contributed by atoms with van der Waals surface area (Å²) in [5, 5.41) is 0.746. The van der Waals surface area contributed by atoms with Gasteiger partial charge < -0.3 is 9.47 Å². The first-order valence-corrected chi connectivity index (χ1v) is 10.0. The highest BCUT2D eigenvalue weighted by Gasteiger charge is 2.31. The van der Waals surface area contributed by atoms with Crippen molar-refractivity contribution in [3.63, 3.8) is 0 Å². The molecule has 1 aromatic carbocycles. The predicted molar refractivity (Wildman–Crippen MR) is 105 cm³/mol. The van der Waals surface area contributed by atoms with Gasteiger partial charge in [0, 0.05) is 18.0 Å². The summed E-state index contributed by atoms with van der Waals surface area (Å²) < 4.78 is 50.4. The van der Waals surface area contributed by atoms with E-state index in [9.17, 15) is 13.2 Å². The van der Waals surface area contributed by atoms with E-state index in [1.165, 1.54) is 23.5 Å². The predicted octanol–water partition coefficient (Wildman–Crippen LogP) is 4.95. The summed E-state index contributed by atoms with van der Waals surface area (Å²) >= 11 is 1.53. The zero-order valence-electron chi connectivity index (χ0n) is 16.0. The number of hydrogen-bond acceptors (Lipinski definition) is 6. The van der Waals surface area contributed by atoms with E-state index in [4.69, 9.17) is 9.47 Å². The Balaban J connectivity index is 1.71. The van der Waals surface area contributed by atoms with Crippen molar-refractivity contribution >= 4 is 21.6 Å². The van der Waals surface area contributed by atoms with Crippen LogP contribution in [-0.4, -0.2) is 41.2 Å². The molecule has 0 saturated carbocycles. The summed E-state index contributed by atoms with van der Waals surface area (Å²) in [7, 11) is 0. The Kier molecular flexibility index (Phi) is 5.46. The molecule has 3 heterocycles. The molecule has 0 unspecified atom stereocenters. The molecule has 29 heavy (non-hydrogen) atoms. The second-order valence-corrected chi connectivity index (χ2v) is 8.13. The van der Waals surface area contributed by atoms with Crippen molar-refractivity contribution in [2.45, 2.75) is 26.6 Å². The molecule has 4 rings (SSSR count). The lowest BCUT2D eigenvalue weighted by atomic mass is 10.2. The van der Waals surface area contributed by atoms with Gasteiger partial charge in [0.15, 0.2) is 0 Å². The van der Waals surface area contributed by atoms with Crippen molar-refractivity contribution in [2.75, 3.05) is 26.3 Å². The van der Waals surface area contributed by atoms with Gasteiger partial charge in [0.1, 0.15) is 16.4 Å². The smallest absolute Gasteiger partial charge is 0.416 e. The number of benzene rings is 1. The second-order valence-electron chi connectivity index (χ2n) is 6.92. The van der Waals surface area contributed by atoms with E-state index >= 15 is 0 Å². The third-order valence-corrected chi connectivity index (χ3v) is 5.99. The lowest BCUT2D eigenvalue weighted by Crippen LogP contribution is -2.36. The van der Waals surface area contributed by atoms with Crippen LogP contribution in [0.5, 0.6) is 11.6 Å². The maximum atomic E-state index is 13.1. The number of ether oxygens (including phenoxy) is 2. The van der Waals surface area contributed by atoms with Gasteiger partial charge >= 0.3 is 6.18 Å². The Bertz CT molecular complexity index is 1030. The molecule has 0 radical (unpaired) electrons. The molecular formula is C20H20F3N3O2S. The van der Waals surface area contributed by atoms with Gasteiger partial charge in [0.2, 0.25) is 5.88 Å². The minimum absolute atomic E-state index is 0.0976. The molecule has 1 saturated heterocycles. The highest BCUT2D eigenvalue weighted by atomic mass is 32.1. The van der Waals surface area contributed by atoms with Crippen LogP contribution in [0.3, 0.4) is 0 Å². The largest absolute Gasteiger partial charge is 0.438 e. The van der Waals surface area contributed by atoms with Crippen molar-refractivity contribution in [1.29, 1.82) is 0 Å². The van der Waals surface area contributed by atoms with Crippen LogP contribution in [-0.2, 0) is 17.5 Å². The van der Waals surface area contributed by atoms with Crippen molar-refractivity contribution in [3.8, 4) is 11.6 Å². The normalized spacial score (nSPS) is 15.8.